The highest BCUT2D eigenvalue weighted by Gasteiger charge is 2.44. The first-order valence-electron chi connectivity index (χ1n) is 10.6. The zero-order valence-electron chi connectivity index (χ0n) is 17.8. The Bertz CT molecular complexity index is 774. The van der Waals surface area contributed by atoms with E-state index in [-0.39, 0.29) is 29.7 Å². The maximum absolute atomic E-state index is 14.7. The summed E-state index contributed by atoms with van der Waals surface area (Å²) < 4.78 is 39.5. The van der Waals surface area contributed by atoms with Gasteiger partial charge in [0.2, 0.25) is 15.9 Å². The summed E-state index contributed by atoms with van der Waals surface area (Å²) >= 11 is 6.20. The Balaban J connectivity index is 1.52. The molecule has 6 atom stereocenters. The molecule has 31 heavy (non-hydrogen) atoms. The lowest BCUT2D eigenvalue weighted by molar-refractivity contribution is -0.129. The number of sulfonamides is 1. The van der Waals surface area contributed by atoms with Crippen LogP contribution in [-0.4, -0.2) is 93.9 Å². The van der Waals surface area contributed by atoms with E-state index in [0.717, 1.165) is 13.2 Å². The van der Waals surface area contributed by atoms with Gasteiger partial charge in [-0.05, 0) is 38.1 Å². The number of likely N-dealkylation sites (N-methyl/N-ethyl adjacent to an activating group) is 1. The molecule has 2 aliphatic heterocycles. The summed E-state index contributed by atoms with van der Waals surface area (Å²) in [7, 11) is -0.344. The maximum Gasteiger partial charge on any atom is 0.317 e. The van der Waals surface area contributed by atoms with Crippen LogP contribution in [0.2, 0.25) is 0 Å². The van der Waals surface area contributed by atoms with Gasteiger partial charge in [0.15, 0.2) is 0 Å². The molecule has 2 saturated heterocycles. The lowest BCUT2D eigenvalue weighted by Gasteiger charge is -2.37. The van der Waals surface area contributed by atoms with Crippen LogP contribution in [0.1, 0.15) is 19.3 Å². The number of alkyl halides is 2. The summed E-state index contributed by atoms with van der Waals surface area (Å²) in [6.45, 7) is 2.31. The second-order valence-electron chi connectivity index (χ2n) is 8.83. The number of urea groups is 1. The fourth-order valence-corrected chi connectivity index (χ4v) is 6.38. The molecule has 5 unspecified atom stereocenters. The van der Waals surface area contributed by atoms with Gasteiger partial charge in [-0.2, -0.15) is 0 Å². The number of hydrogen-bond donors (Lipinski definition) is 4. The van der Waals surface area contributed by atoms with Gasteiger partial charge < -0.3 is 10.2 Å². The van der Waals surface area contributed by atoms with Crippen molar-refractivity contribution in [2.24, 2.45) is 17.8 Å². The molecule has 13 heteroatoms. The average molecular weight is 483 g/mol. The summed E-state index contributed by atoms with van der Waals surface area (Å²) in [4.78, 5) is 30.0. The molecule has 178 valence electrons. The highest BCUT2D eigenvalue weighted by atomic mass is 35.5. The van der Waals surface area contributed by atoms with E-state index in [9.17, 15) is 22.4 Å². The highest BCUT2D eigenvalue weighted by molar-refractivity contribution is 7.89. The van der Waals surface area contributed by atoms with Crippen LogP contribution in [0.25, 0.3) is 0 Å². The number of rotatable bonds is 6. The molecule has 0 spiro atoms. The minimum atomic E-state index is -3.84. The molecule has 2 heterocycles. The van der Waals surface area contributed by atoms with Crippen LogP contribution in [0.15, 0.2) is 0 Å². The molecule has 1 saturated carbocycles. The first-order chi connectivity index (χ1) is 14.6. The largest absolute Gasteiger partial charge is 0.341 e. The average Bonchev–Trinajstić information content (AvgIpc) is 3.36. The number of likely N-dealkylation sites (tertiary alicyclic amines) is 1. The summed E-state index contributed by atoms with van der Waals surface area (Å²) in [6.07, 6.45) is -0.228. The van der Waals surface area contributed by atoms with Crippen molar-refractivity contribution in [3.8, 4) is 0 Å². The molecule has 0 aromatic rings. The standard InChI is InChI=1S/C18H32ClFN6O4S/c1-21-18(28)26-4-3-11(7-26)9-31(29,30)24-23-17(27)13-5-12(6-14(19)16(13)20)15-8-25(2)10-22-15/h11-16,22,24H,3-10H2,1-2H3,(H,21,28)(H,23,27)/t11-,12?,13?,14?,15?,16?/m0/s1. The second kappa shape index (κ2) is 10.2. The smallest absolute Gasteiger partial charge is 0.317 e. The fourth-order valence-electron chi connectivity index (χ4n) is 4.74. The number of hydrogen-bond acceptors (Lipinski definition) is 6. The Kier molecular flexibility index (Phi) is 8.00. The topological polar surface area (TPSA) is 123 Å². The van der Waals surface area contributed by atoms with E-state index in [2.05, 4.69) is 25.8 Å². The van der Waals surface area contributed by atoms with Gasteiger partial charge in [0.05, 0.1) is 17.0 Å². The summed E-state index contributed by atoms with van der Waals surface area (Å²) in [5.74, 6) is -2.18. The van der Waals surface area contributed by atoms with Gasteiger partial charge >= 0.3 is 6.03 Å². The zero-order chi connectivity index (χ0) is 22.8. The predicted molar refractivity (Wildman–Crippen MR) is 114 cm³/mol. The van der Waals surface area contributed by atoms with Gasteiger partial charge in [0.1, 0.15) is 6.17 Å². The first kappa shape index (κ1) is 24.4. The molecule has 0 bridgehead atoms. The van der Waals surface area contributed by atoms with E-state index in [1.165, 1.54) is 7.05 Å². The molecular formula is C18H32ClFN6O4S. The Morgan fingerprint density at radius 3 is 2.65 bits per heavy atom. The Hall–Kier alpha value is -1.21. The SMILES string of the molecule is CNC(=O)N1CC[C@H](CS(=O)(=O)NNC(=O)C2CC(C3CN(C)CN3)CC(Cl)C2F)C1. The van der Waals surface area contributed by atoms with E-state index in [1.807, 2.05) is 7.05 Å². The first-order valence-corrected chi connectivity index (χ1v) is 12.6. The third-order valence-corrected chi connectivity index (χ3v) is 8.17. The van der Waals surface area contributed by atoms with E-state index < -0.39 is 33.4 Å². The Morgan fingerprint density at radius 1 is 1.26 bits per heavy atom. The number of carbonyl (C=O) groups excluding carboxylic acids is 2. The molecule has 10 nitrogen and oxygen atoms in total. The highest BCUT2D eigenvalue weighted by Crippen LogP contribution is 2.37. The predicted octanol–water partition coefficient (Wildman–Crippen LogP) is -0.569. The lowest BCUT2D eigenvalue weighted by Crippen LogP contribution is -2.52. The minimum Gasteiger partial charge on any atom is -0.341 e. The molecule has 4 N–H and O–H groups in total. The number of nitrogens with zero attached hydrogens (tertiary/aromatic N) is 2. The third-order valence-electron chi connectivity index (χ3n) is 6.42. The molecule has 3 rings (SSSR count). The molecular weight excluding hydrogens is 451 g/mol. The van der Waals surface area contributed by atoms with Crippen LogP contribution in [0.3, 0.4) is 0 Å². The number of hydrazine groups is 1. The lowest BCUT2D eigenvalue weighted by atomic mass is 9.76. The Morgan fingerprint density at radius 2 is 2.00 bits per heavy atom. The number of nitrogens with one attached hydrogen (secondary N) is 4. The summed E-state index contributed by atoms with van der Waals surface area (Å²) in [5, 5.41) is 5.07. The van der Waals surface area contributed by atoms with Crippen LogP contribution in [-0.2, 0) is 14.8 Å². The van der Waals surface area contributed by atoms with Crippen molar-refractivity contribution in [3.63, 3.8) is 0 Å². The molecule has 3 fully saturated rings. The van der Waals surface area contributed by atoms with Crippen molar-refractivity contribution in [3.05, 3.63) is 0 Å². The van der Waals surface area contributed by atoms with Crippen LogP contribution < -0.4 is 20.9 Å². The third kappa shape index (κ3) is 6.19. The van der Waals surface area contributed by atoms with Crippen molar-refractivity contribution < 1.29 is 22.4 Å². The van der Waals surface area contributed by atoms with Crippen molar-refractivity contribution in [2.45, 2.75) is 36.9 Å². The molecule has 0 aromatic carbocycles. The van der Waals surface area contributed by atoms with Crippen LogP contribution in [0.5, 0.6) is 0 Å². The second-order valence-corrected chi connectivity index (χ2v) is 11.2. The van der Waals surface area contributed by atoms with E-state index in [0.29, 0.717) is 32.4 Å². The normalized spacial score (nSPS) is 34.6. The quantitative estimate of drug-likeness (QED) is 0.297. The monoisotopic (exact) mass is 482 g/mol. The minimum absolute atomic E-state index is 0.0287. The van der Waals surface area contributed by atoms with E-state index >= 15 is 0 Å². The zero-order valence-corrected chi connectivity index (χ0v) is 19.4. The van der Waals surface area contributed by atoms with Gasteiger partial charge in [-0.1, -0.05) is 0 Å². The van der Waals surface area contributed by atoms with Crippen molar-refractivity contribution >= 4 is 33.6 Å². The van der Waals surface area contributed by atoms with Gasteiger partial charge in [0, 0.05) is 39.4 Å². The molecule has 3 aliphatic rings. The number of halogens is 2. The van der Waals surface area contributed by atoms with E-state index in [1.54, 1.807) is 4.90 Å². The molecule has 3 amide bonds. The van der Waals surface area contributed by atoms with Crippen molar-refractivity contribution in [2.75, 3.05) is 46.2 Å². The molecule has 1 aliphatic carbocycles. The Labute approximate surface area is 187 Å². The van der Waals surface area contributed by atoms with Gasteiger partial charge in [-0.15, -0.1) is 16.4 Å². The van der Waals surface area contributed by atoms with Gasteiger partial charge in [-0.3, -0.25) is 20.4 Å². The molecule has 0 radical (unpaired) electrons. The van der Waals surface area contributed by atoms with Crippen LogP contribution in [0.4, 0.5) is 9.18 Å². The fraction of sp³-hybridized carbons (Fsp3) is 0.889. The maximum atomic E-state index is 14.7. The number of amides is 3. The van der Waals surface area contributed by atoms with E-state index in [4.69, 9.17) is 11.6 Å². The van der Waals surface area contributed by atoms with Gasteiger partial charge in [-0.25, -0.2) is 17.6 Å². The van der Waals surface area contributed by atoms with Crippen molar-refractivity contribution in [1.29, 1.82) is 0 Å². The van der Waals surface area contributed by atoms with Crippen LogP contribution in [0, 0.1) is 17.8 Å². The van der Waals surface area contributed by atoms with Gasteiger partial charge in [0.25, 0.3) is 0 Å². The summed E-state index contributed by atoms with van der Waals surface area (Å²) in [6, 6.07) is -0.128. The number of carbonyl (C=O) groups is 2. The molecule has 0 aromatic heterocycles. The summed E-state index contributed by atoms with van der Waals surface area (Å²) in [5.41, 5.74) is 2.18. The van der Waals surface area contributed by atoms with Crippen LogP contribution >= 0.6 is 11.6 Å². The van der Waals surface area contributed by atoms with Crippen molar-refractivity contribution in [1.82, 2.24) is 30.7 Å².